The van der Waals surface area contributed by atoms with Crippen molar-refractivity contribution in [3.63, 3.8) is 0 Å². The second-order valence-corrected chi connectivity index (χ2v) is 8.23. The maximum absolute atomic E-state index is 14.2. The molecule has 1 aromatic heterocycles. The van der Waals surface area contributed by atoms with Crippen molar-refractivity contribution in [2.75, 3.05) is 5.73 Å². The molecule has 0 fully saturated rings. The van der Waals surface area contributed by atoms with Gasteiger partial charge in [0.25, 0.3) is 5.56 Å². The van der Waals surface area contributed by atoms with Crippen LogP contribution in [0.5, 0.6) is 0 Å². The molecule has 176 valence electrons. The number of aromatic nitrogens is 1. The van der Waals surface area contributed by atoms with Crippen LogP contribution >= 0.6 is 0 Å². The lowest BCUT2D eigenvalue weighted by Gasteiger charge is -2.21. The lowest BCUT2D eigenvalue weighted by molar-refractivity contribution is -0.145. The summed E-state index contributed by atoms with van der Waals surface area (Å²) < 4.78 is 28.7. The van der Waals surface area contributed by atoms with Gasteiger partial charge < -0.3 is 16.2 Å². The molecule has 1 heterocycles. The van der Waals surface area contributed by atoms with Crippen molar-refractivity contribution in [2.45, 2.75) is 25.8 Å². The molecule has 3 aromatic rings. The Morgan fingerprint density at radius 3 is 2.26 bits per heavy atom. The summed E-state index contributed by atoms with van der Waals surface area (Å²) in [6, 6.07) is 12.1. The first-order chi connectivity index (χ1) is 15.9. The first kappa shape index (κ1) is 24.4. The van der Waals surface area contributed by atoms with E-state index in [0.29, 0.717) is 16.8 Å². The van der Waals surface area contributed by atoms with E-state index >= 15 is 0 Å². The van der Waals surface area contributed by atoms with Crippen LogP contribution in [0.25, 0.3) is 11.3 Å². The minimum atomic E-state index is -1.41. The lowest BCUT2D eigenvalue weighted by Crippen LogP contribution is -2.50. The van der Waals surface area contributed by atoms with Crippen LogP contribution in [0.2, 0.25) is 0 Å². The zero-order valence-corrected chi connectivity index (χ0v) is 18.6. The van der Waals surface area contributed by atoms with E-state index < -0.39 is 34.6 Å². The molecule has 0 aliphatic carbocycles. The normalized spacial score (nSPS) is 11.2. The van der Waals surface area contributed by atoms with Crippen LogP contribution in [0.4, 0.5) is 14.6 Å². The van der Waals surface area contributed by atoms with Crippen LogP contribution < -0.4 is 16.6 Å². The number of nitrogens with one attached hydrogen (secondary N) is 1. The highest BCUT2D eigenvalue weighted by Crippen LogP contribution is 2.29. The van der Waals surface area contributed by atoms with E-state index in [-0.39, 0.29) is 23.4 Å². The van der Waals surface area contributed by atoms with Gasteiger partial charge in [-0.2, -0.15) is 0 Å². The first-order valence-corrected chi connectivity index (χ1v) is 10.2. The van der Waals surface area contributed by atoms with Crippen molar-refractivity contribution in [3.8, 4) is 5.69 Å². The van der Waals surface area contributed by atoms with Gasteiger partial charge in [-0.05, 0) is 55.3 Å². The average molecular weight is 467 g/mol. The van der Waals surface area contributed by atoms with E-state index in [2.05, 4.69) is 11.9 Å². The quantitative estimate of drug-likeness (QED) is 0.493. The van der Waals surface area contributed by atoms with Gasteiger partial charge in [-0.3, -0.25) is 14.2 Å². The Morgan fingerprint density at radius 1 is 1.06 bits per heavy atom. The lowest BCUT2D eigenvalue weighted by atomic mass is 9.99. The monoisotopic (exact) mass is 467 g/mol. The Balaban J connectivity index is 1.89. The maximum atomic E-state index is 14.2. The molecule has 2 aromatic carbocycles. The second-order valence-electron chi connectivity index (χ2n) is 8.23. The molecule has 0 aliphatic rings. The Labute approximate surface area is 194 Å². The number of nitrogen functional groups attached to an aromatic ring is 1. The third-order valence-corrected chi connectivity index (χ3v) is 5.26. The van der Waals surface area contributed by atoms with Gasteiger partial charge in [-0.1, -0.05) is 18.7 Å². The van der Waals surface area contributed by atoms with E-state index in [1.165, 1.54) is 36.6 Å². The molecule has 3 rings (SSSR count). The van der Waals surface area contributed by atoms with Gasteiger partial charge in [-0.25, -0.2) is 13.6 Å². The fraction of sp³-hybridized carbons (Fsp3) is 0.160. The van der Waals surface area contributed by atoms with Gasteiger partial charge in [0, 0.05) is 23.3 Å². The molecule has 9 heteroatoms. The average Bonchev–Trinajstić information content (AvgIpc) is 2.74. The van der Waals surface area contributed by atoms with Gasteiger partial charge in [0.1, 0.15) is 23.0 Å². The Kier molecular flexibility index (Phi) is 6.67. The zero-order valence-electron chi connectivity index (χ0n) is 18.6. The predicted octanol–water partition coefficient (Wildman–Crippen LogP) is 3.28. The van der Waals surface area contributed by atoms with Crippen molar-refractivity contribution in [3.05, 3.63) is 99.9 Å². The number of rotatable bonds is 7. The summed E-state index contributed by atoms with van der Waals surface area (Å²) in [4.78, 5) is 35.9. The molecular weight excluding hydrogens is 444 g/mol. The number of benzene rings is 2. The molecule has 7 nitrogen and oxygen atoms in total. The van der Waals surface area contributed by atoms with Crippen LogP contribution in [0, 0.1) is 11.6 Å². The summed E-state index contributed by atoms with van der Waals surface area (Å²) in [5.41, 5.74) is 5.88. The van der Waals surface area contributed by atoms with Crippen molar-refractivity contribution < 1.29 is 23.5 Å². The van der Waals surface area contributed by atoms with E-state index in [1.807, 2.05) is 0 Å². The standard InChI is InChI=1S/C25H23F2N3O4/c1-14(18-9-6-16(26)13-20(18)27)19-10-11-22(32)30(23(19)28)17-7-4-15(5-8-17)12-21(31)29-25(2,3)24(33)34/h4-11,13H,1,12,28H2,2-3H3,(H,29,31)(H,33,34). The minimum Gasteiger partial charge on any atom is -0.480 e. The molecule has 4 N–H and O–H groups in total. The summed E-state index contributed by atoms with van der Waals surface area (Å²) in [7, 11) is 0. The minimum absolute atomic E-state index is 0.00919. The summed E-state index contributed by atoms with van der Waals surface area (Å²) in [5, 5.41) is 11.6. The van der Waals surface area contributed by atoms with Crippen molar-refractivity contribution in [1.29, 1.82) is 0 Å². The fourth-order valence-electron chi connectivity index (χ4n) is 3.35. The molecule has 0 bridgehead atoms. The largest absolute Gasteiger partial charge is 0.480 e. The van der Waals surface area contributed by atoms with Crippen molar-refractivity contribution in [2.24, 2.45) is 0 Å². The number of halogens is 2. The number of hydrogen-bond donors (Lipinski definition) is 3. The number of hydrogen-bond acceptors (Lipinski definition) is 4. The molecule has 0 spiro atoms. The number of carboxylic acid groups (broad SMARTS) is 1. The number of pyridine rings is 1. The number of anilines is 1. The predicted molar refractivity (Wildman–Crippen MR) is 125 cm³/mol. The number of aliphatic carboxylic acids is 1. The Bertz CT molecular complexity index is 1350. The summed E-state index contributed by atoms with van der Waals surface area (Å²) in [5.74, 6) is -3.16. The molecule has 1 amide bonds. The summed E-state index contributed by atoms with van der Waals surface area (Å²) in [6.45, 7) is 6.61. The number of carbonyl (C=O) groups excluding carboxylic acids is 1. The molecule has 0 aliphatic heterocycles. The SMILES string of the molecule is C=C(c1ccc(F)cc1F)c1ccc(=O)n(-c2ccc(CC(=O)NC(C)(C)C(=O)O)cc2)c1N. The van der Waals surface area contributed by atoms with E-state index in [4.69, 9.17) is 10.8 Å². The van der Waals surface area contributed by atoms with Crippen LogP contribution in [0.3, 0.4) is 0 Å². The number of carboxylic acids is 1. The van der Waals surface area contributed by atoms with Crippen molar-refractivity contribution in [1.82, 2.24) is 9.88 Å². The number of amides is 1. The van der Waals surface area contributed by atoms with Crippen LogP contribution in [0.15, 0.2) is 66.0 Å². The first-order valence-electron chi connectivity index (χ1n) is 10.2. The molecule has 0 saturated heterocycles. The zero-order chi connectivity index (χ0) is 25.2. The number of carbonyl (C=O) groups is 2. The molecular formula is C25H23F2N3O4. The van der Waals surface area contributed by atoms with E-state index in [0.717, 1.165) is 12.1 Å². The van der Waals surface area contributed by atoms with Gasteiger partial charge in [0.2, 0.25) is 5.91 Å². The highest BCUT2D eigenvalue weighted by molar-refractivity contribution is 5.87. The molecule has 0 atom stereocenters. The van der Waals surface area contributed by atoms with E-state index in [1.54, 1.807) is 24.3 Å². The molecule has 34 heavy (non-hydrogen) atoms. The van der Waals surface area contributed by atoms with E-state index in [9.17, 15) is 23.2 Å². The third-order valence-electron chi connectivity index (χ3n) is 5.26. The third kappa shape index (κ3) is 5.03. The second kappa shape index (κ2) is 9.30. The maximum Gasteiger partial charge on any atom is 0.328 e. The van der Waals surface area contributed by atoms with Crippen LogP contribution in [-0.4, -0.2) is 27.1 Å². The van der Waals surface area contributed by atoms with Crippen LogP contribution in [0.1, 0.15) is 30.5 Å². The van der Waals surface area contributed by atoms with Crippen LogP contribution in [-0.2, 0) is 16.0 Å². The summed E-state index contributed by atoms with van der Waals surface area (Å²) >= 11 is 0. The van der Waals surface area contributed by atoms with Gasteiger partial charge >= 0.3 is 5.97 Å². The van der Waals surface area contributed by atoms with Gasteiger partial charge in [0.15, 0.2) is 0 Å². The van der Waals surface area contributed by atoms with Crippen molar-refractivity contribution >= 4 is 23.3 Å². The Hall–Kier alpha value is -4.27. The molecule has 0 radical (unpaired) electrons. The number of nitrogens with two attached hydrogens (primary N) is 1. The fourth-order valence-corrected chi connectivity index (χ4v) is 3.35. The molecule has 0 saturated carbocycles. The molecule has 0 unspecified atom stereocenters. The summed E-state index contributed by atoms with van der Waals surface area (Å²) in [6.07, 6.45) is -0.0674. The number of nitrogens with zero attached hydrogens (tertiary/aromatic N) is 1. The smallest absolute Gasteiger partial charge is 0.328 e. The van der Waals surface area contributed by atoms with Gasteiger partial charge in [-0.15, -0.1) is 0 Å². The highest BCUT2D eigenvalue weighted by Gasteiger charge is 2.28. The van der Waals surface area contributed by atoms with Gasteiger partial charge in [0.05, 0.1) is 12.1 Å². The Morgan fingerprint density at radius 2 is 1.68 bits per heavy atom. The highest BCUT2D eigenvalue weighted by atomic mass is 19.1. The topological polar surface area (TPSA) is 114 Å².